The Kier molecular flexibility index (Phi) is 7.28. The molecule has 0 aliphatic rings. The minimum absolute atomic E-state index is 0.186. The summed E-state index contributed by atoms with van der Waals surface area (Å²) in [5, 5.41) is 3.61. The third kappa shape index (κ3) is 5.03. The Balaban J connectivity index is 1.91. The third-order valence-electron chi connectivity index (χ3n) is 5.34. The monoisotopic (exact) mass is 485 g/mol. The Hall–Kier alpha value is -2.93. The number of fused-ring (bicyclic) bond motifs is 1. The number of aromatic nitrogens is 2. The van der Waals surface area contributed by atoms with Crippen molar-refractivity contribution < 1.29 is 13.9 Å². The van der Waals surface area contributed by atoms with Gasteiger partial charge in [-0.25, -0.2) is 9.37 Å². The Bertz CT molecular complexity index is 1280. The number of halogens is 3. The molecular weight excluding hydrogens is 464 g/mol. The van der Waals surface area contributed by atoms with Crippen LogP contribution in [0.2, 0.25) is 10.0 Å². The minimum Gasteiger partial charge on any atom is -0.383 e. The van der Waals surface area contributed by atoms with Gasteiger partial charge in [-0.3, -0.25) is 4.79 Å². The first-order chi connectivity index (χ1) is 16.0. The summed E-state index contributed by atoms with van der Waals surface area (Å²) >= 11 is 12.6. The molecule has 8 heteroatoms. The van der Waals surface area contributed by atoms with Crippen LogP contribution in [0, 0.1) is 5.82 Å². The number of imidazole rings is 1. The average Bonchev–Trinajstić information content (AvgIpc) is 3.13. The van der Waals surface area contributed by atoms with Crippen LogP contribution in [0.25, 0.3) is 11.0 Å². The molecule has 4 rings (SSSR count). The quantitative estimate of drug-likeness (QED) is 0.338. The minimum atomic E-state index is -0.757. The first-order valence-electron chi connectivity index (χ1n) is 10.4. The van der Waals surface area contributed by atoms with Gasteiger partial charge < -0.3 is 14.6 Å². The number of rotatable bonds is 8. The fourth-order valence-electron chi connectivity index (χ4n) is 3.79. The van der Waals surface area contributed by atoms with Crippen LogP contribution in [0.5, 0.6) is 0 Å². The molecule has 3 aromatic carbocycles. The Morgan fingerprint density at radius 1 is 1.09 bits per heavy atom. The number of nitrogens with one attached hydrogen (secondary N) is 1. The molecule has 1 atom stereocenters. The van der Waals surface area contributed by atoms with Crippen LogP contribution in [0.3, 0.4) is 0 Å². The second-order valence-electron chi connectivity index (χ2n) is 7.52. The summed E-state index contributed by atoms with van der Waals surface area (Å²) in [5.41, 5.74) is 2.43. The van der Waals surface area contributed by atoms with E-state index in [0.29, 0.717) is 45.6 Å². The van der Waals surface area contributed by atoms with Crippen molar-refractivity contribution in [2.75, 3.05) is 20.3 Å². The number of ether oxygens (including phenoxy) is 1. The maximum absolute atomic E-state index is 14.5. The molecule has 0 saturated carbocycles. The Morgan fingerprint density at radius 3 is 2.52 bits per heavy atom. The van der Waals surface area contributed by atoms with Gasteiger partial charge in [0.15, 0.2) is 0 Å². The van der Waals surface area contributed by atoms with Crippen molar-refractivity contribution in [3.05, 3.63) is 99.5 Å². The van der Waals surface area contributed by atoms with Crippen molar-refractivity contribution in [2.45, 2.75) is 12.5 Å². The molecule has 170 valence electrons. The van der Waals surface area contributed by atoms with E-state index >= 15 is 0 Å². The van der Waals surface area contributed by atoms with E-state index in [4.69, 9.17) is 32.9 Å². The molecule has 1 amide bonds. The van der Waals surface area contributed by atoms with Crippen LogP contribution in [0.1, 0.15) is 23.0 Å². The van der Waals surface area contributed by atoms with Crippen LogP contribution in [-0.2, 0) is 16.0 Å². The number of amides is 1. The molecule has 0 radical (unpaired) electrons. The van der Waals surface area contributed by atoms with Gasteiger partial charge in [-0.1, -0.05) is 71.7 Å². The van der Waals surface area contributed by atoms with E-state index in [0.717, 1.165) is 5.56 Å². The van der Waals surface area contributed by atoms with Gasteiger partial charge in [-0.15, -0.1) is 0 Å². The molecule has 0 aliphatic heterocycles. The number of nitrogens with zero attached hydrogens (tertiary/aromatic N) is 2. The smallest absolute Gasteiger partial charge is 0.247 e. The summed E-state index contributed by atoms with van der Waals surface area (Å²) in [4.78, 5) is 18.2. The van der Waals surface area contributed by atoms with Gasteiger partial charge in [-0.2, -0.15) is 0 Å². The van der Waals surface area contributed by atoms with Gasteiger partial charge >= 0.3 is 0 Å². The predicted octanol–water partition coefficient (Wildman–Crippen LogP) is 5.43. The van der Waals surface area contributed by atoms with E-state index in [1.807, 2.05) is 30.3 Å². The maximum Gasteiger partial charge on any atom is 0.247 e. The highest BCUT2D eigenvalue weighted by Gasteiger charge is 2.28. The number of benzene rings is 3. The van der Waals surface area contributed by atoms with Crippen LogP contribution in [-0.4, -0.2) is 35.7 Å². The van der Waals surface area contributed by atoms with Gasteiger partial charge in [0.2, 0.25) is 5.91 Å². The summed E-state index contributed by atoms with van der Waals surface area (Å²) in [6.45, 7) is 0.724. The lowest BCUT2D eigenvalue weighted by atomic mass is 10.0. The number of carbonyl (C=O) groups is 1. The summed E-state index contributed by atoms with van der Waals surface area (Å²) < 4.78 is 21.4. The second-order valence-corrected chi connectivity index (χ2v) is 8.33. The normalized spacial score (nSPS) is 12.1. The van der Waals surface area contributed by atoms with Gasteiger partial charge in [0, 0.05) is 20.1 Å². The highest BCUT2D eigenvalue weighted by molar-refractivity contribution is 6.42. The Labute approximate surface area is 201 Å². The van der Waals surface area contributed by atoms with E-state index in [1.54, 1.807) is 42.0 Å². The molecular formula is C25H22Cl2FN3O2. The van der Waals surface area contributed by atoms with Crippen LogP contribution in [0.15, 0.2) is 66.7 Å². The summed E-state index contributed by atoms with van der Waals surface area (Å²) in [5.74, 6) is -0.0597. The first-order valence-corrected chi connectivity index (χ1v) is 11.2. The average molecular weight is 486 g/mol. The molecule has 0 fully saturated rings. The van der Waals surface area contributed by atoms with E-state index in [9.17, 15) is 9.18 Å². The summed E-state index contributed by atoms with van der Waals surface area (Å²) in [6, 6.07) is 18.5. The number of carbonyl (C=O) groups excluding carboxylic acids is 1. The van der Waals surface area contributed by atoms with Gasteiger partial charge in [0.25, 0.3) is 0 Å². The lowest BCUT2D eigenvalue weighted by molar-refractivity contribution is -0.123. The van der Waals surface area contributed by atoms with Crippen molar-refractivity contribution in [1.82, 2.24) is 14.9 Å². The van der Waals surface area contributed by atoms with E-state index in [-0.39, 0.29) is 18.1 Å². The van der Waals surface area contributed by atoms with Crippen molar-refractivity contribution in [1.29, 1.82) is 0 Å². The van der Waals surface area contributed by atoms with Crippen LogP contribution in [0.4, 0.5) is 4.39 Å². The van der Waals surface area contributed by atoms with Gasteiger partial charge in [0.05, 0.1) is 27.7 Å². The van der Waals surface area contributed by atoms with Crippen LogP contribution < -0.4 is 5.32 Å². The third-order valence-corrected chi connectivity index (χ3v) is 6.06. The zero-order valence-electron chi connectivity index (χ0n) is 17.9. The second kappa shape index (κ2) is 10.3. The molecule has 0 aliphatic carbocycles. The highest BCUT2D eigenvalue weighted by Crippen LogP contribution is 2.33. The molecule has 0 saturated heterocycles. The molecule has 4 aromatic rings. The molecule has 33 heavy (non-hydrogen) atoms. The molecule has 1 unspecified atom stereocenters. The topological polar surface area (TPSA) is 56.1 Å². The number of hydrogen-bond donors (Lipinski definition) is 1. The van der Waals surface area contributed by atoms with E-state index < -0.39 is 6.04 Å². The predicted molar refractivity (Wildman–Crippen MR) is 128 cm³/mol. The number of hydrogen-bond acceptors (Lipinski definition) is 3. The first kappa shape index (κ1) is 23.2. The van der Waals surface area contributed by atoms with Gasteiger partial charge in [-0.05, 0) is 29.3 Å². The van der Waals surface area contributed by atoms with Crippen molar-refractivity contribution in [2.24, 2.45) is 0 Å². The molecule has 5 nitrogen and oxygen atoms in total. The fourth-order valence-corrected chi connectivity index (χ4v) is 4.11. The molecule has 1 N–H and O–H groups in total. The lowest BCUT2D eigenvalue weighted by Crippen LogP contribution is -2.35. The summed E-state index contributed by atoms with van der Waals surface area (Å²) in [7, 11) is 1.57. The Morgan fingerprint density at radius 2 is 1.79 bits per heavy atom. The zero-order valence-corrected chi connectivity index (χ0v) is 19.4. The molecule has 1 aromatic heterocycles. The summed E-state index contributed by atoms with van der Waals surface area (Å²) in [6.07, 6.45) is 0.186. The number of methoxy groups -OCH3 is 1. The standard InChI is InChI=1S/C25H22Cl2FN3O2/c1-33-12-11-29-25(32)24(16-7-3-2-4-8-16)31-22-15-19(27)18(26)14-21(22)30-23(31)13-17-9-5-6-10-20(17)28/h2-10,14-15,24H,11-13H2,1H3,(H,29,32). The van der Waals surface area contributed by atoms with Crippen molar-refractivity contribution in [3.63, 3.8) is 0 Å². The largest absolute Gasteiger partial charge is 0.383 e. The van der Waals surface area contributed by atoms with E-state index in [2.05, 4.69) is 5.32 Å². The maximum atomic E-state index is 14.5. The lowest BCUT2D eigenvalue weighted by Gasteiger charge is -2.22. The SMILES string of the molecule is COCCNC(=O)C(c1ccccc1)n1c(Cc2ccccc2F)nc2cc(Cl)c(Cl)cc21. The molecule has 0 spiro atoms. The molecule has 1 heterocycles. The highest BCUT2D eigenvalue weighted by atomic mass is 35.5. The van der Waals surface area contributed by atoms with Gasteiger partial charge in [0.1, 0.15) is 17.7 Å². The fraction of sp³-hybridized carbons (Fsp3) is 0.200. The zero-order chi connectivity index (χ0) is 23.4. The molecule has 0 bridgehead atoms. The van der Waals surface area contributed by atoms with Crippen LogP contribution >= 0.6 is 23.2 Å². The van der Waals surface area contributed by atoms with E-state index in [1.165, 1.54) is 6.07 Å². The van der Waals surface area contributed by atoms with Crippen molar-refractivity contribution in [3.8, 4) is 0 Å². The van der Waals surface area contributed by atoms with Crippen molar-refractivity contribution >= 4 is 40.1 Å².